The highest BCUT2D eigenvalue weighted by molar-refractivity contribution is 6.33. The fourth-order valence-corrected chi connectivity index (χ4v) is 2.86. The molecule has 0 saturated carbocycles. The van der Waals surface area contributed by atoms with Gasteiger partial charge >= 0.3 is 17.9 Å². The van der Waals surface area contributed by atoms with Gasteiger partial charge in [0.25, 0.3) is 5.91 Å². The summed E-state index contributed by atoms with van der Waals surface area (Å²) in [7, 11) is 0. The predicted octanol–water partition coefficient (Wildman–Crippen LogP) is 3.62. The molecule has 164 valence electrons. The lowest BCUT2D eigenvalue weighted by Gasteiger charge is -2.14. The minimum absolute atomic E-state index is 0.0324. The third-order valence-electron chi connectivity index (χ3n) is 4.20. The van der Waals surface area contributed by atoms with Crippen molar-refractivity contribution in [2.24, 2.45) is 0 Å². The number of nitrogens with one attached hydrogen (secondary N) is 1. The maximum Gasteiger partial charge on any atom is 0.419 e. The van der Waals surface area contributed by atoms with Gasteiger partial charge in [-0.05, 0) is 25.1 Å². The molecule has 0 fully saturated rings. The molecule has 12 heteroatoms. The summed E-state index contributed by atoms with van der Waals surface area (Å²) in [5.41, 5.74) is -0.194. The van der Waals surface area contributed by atoms with Gasteiger partial charge in [0.15, 0.2) is 17.5 Å². The van der Waals surface area contributed by atoms with Gasteiger partial charge in [-0.2, -0.15) is 13.2 Å². The molecule has 1 unspecified atom stereocenters. The molecular weight excluding hydrogens is 443 g/mol. The zero-order valence-corrected chi connectivity index (χ0v) is 16.7. The molecule has 3 aromatic rings. The number of amides is 1. The second-order valence-electron chi connectivity index (χ2n) is 6.41. The number of alkyl halides is 3. The number of hydrogen-bond acceptors (Lipinski definition) is 6. The number of nitrogens with zero attached hydrogens (tertiary/aromatic N) is 2. The van der Waals surface area contributed by atoms with E-state index >= 15 is 0 Å². The highest BCUT2D eigenvalue weighted by atomic mass is 35.5. The predicted molar refractivity (Wildman–Crippen MR) is 104 cm³/mol. The van der Waals surface area contributed by atoms with Crippen molar-refractivity contribution in [1.29, 1.82) is 0 Å². The topological polar surface area (TPSA) is 103 Å². The van der Waals surface area contributed by atoms with Gasteiger partial charge in [0.2, 0.25) is 0 Å². The SMILES string of the molecule is CC(OC(=O)CCn1c(=O)oc2ccccc21)C(=O)Nc1ncc(C(F)(F)F)cc1Cl. The second kappa shape index (κ2) is 8.80. The summed E-state index contributed by atoms with van der Waals surface area (Å²) in [5, 5.41) is 1.78. The average Bonchev–Trinajstić information content (AvgIpc) is 3.02. The Kier molecular flexibility index (Phi) is 6.34. The van der Waals surface area contributed by atoms with E-state index in [1.807, 2.05) is 0 Å². The second-order valence-corrected chi connectivity index (χ2v) is 6.82. The van der Waals surface area contributed by atoms with E-state index < -0.39 is 40.5 Å². The standard InChI is InChI=1S/C19H15ClF3N3O5/c1-10(17(28)25-16-12(20)8-11(9-24-16)19(21,22)23)30-15(27)6-7-26-13-4-2-3-5-14(13)31-18(26)29/h2-5,8-10H,6-7H2,1H3,(H,24,25,28). The molecule has 0 bridgehead atoms. The molecule has 1 amide bonds. The summed E-state index contributed by atoms with van der Waals surface area (Å²) in [5.74, 6) is -2.55. The summed E-state index contributed by atoms with van der Waals surface area (Å²) >= 11 is 5.73. The number of oxazole rings is 1. The lowest BCUT2D eigenvalue weighted by atomic mass is 10.2. The first-order valence-corrected chi connectivity index (χ1v) is 9.25. The van der Waals surface area contributed by atoms with E-state index in [4.69, 9.17) is 20.8 Å². The van der Waals surface area contributed by atoms with Gasteiger partial charge in [0.1, 0.15) is 0 Å². The van der Waals surface area contributed by atoms with Crippen LogP contribution in [0.15, 0.2) is 45.7 Å². The van der Waals surface area contributed by atoms with Crippen LogP contribution in [-0.4, -0.2) is 27.5 Å². The number of ether oxygens (including phenoxy) is 1. The Hall–Kier alpha value is -3.34. The summed E-state index contributed by atoms with van der Waals surface area (Å²) in [6, 6.07) is 7.29. The first-order valence-electron chi connectivity index (χ1n) is 8.87. The van der Waals surface area contributed by atoms with Crippen molar-refractivity contribution >= 4 is 40.4 Å². The Morgan fingerprint density at radius 1 is 1.32 bits per heavy atom. The van der Waals surface area contributed by atoms with Gasteiger partial charge in [-0.25, -0.2) is 9.78 Å². The third kappa shape index (κ3) is 5.23. The Morgan fingerprint density at radius 2 is 2.03 bits per heavy atom. The van der Waals surface area contributed by atoms with Gasteiger partial charge in [0.05, 0.1) is 22.5 Å². The quantitative estimate of drug-likeness (QED) is 0.567. The Balaban J connectivity index is 1.57. The maximum atomic E-state index is 12.6. The van der Waals surface area contributed by atoms with Gasteiger partial charge in [-0.1, -0.05) is 23.7 Å². The van der Waals surface area contributed by atoms with Crippen molar-refractivity contribution in [3.63, 3.8) is 0 Å². The van der Waals surface area contributed by atoms with E-state index in [9.17, 15) is 27.6 Å². The zero-order chi connectivity index (χ0) is 22.8. The van der Waals surface area contributed by atoms with Crippen molar-refractivity contribution in [3.8, 4) is 0 Å². The molecule has 31 heavy (non-hydrogen) atoms. The van der Waals surface area contributed by atoms with Crippen LogP contribution in [0.2, 0.25) is 5.02 Å². The van der Waals surface area contributed by atoms with Crippen molar-refractivity contribution in [2.45, 2.75) is 32.2 Å². The number of halogens is 4. The first-order chi connectivity index (χ1) is 14.6. The summed E-state index contributed by atoms with van der Waals surface area (Å²) in [4.78, 5) is 39.6. The fraction of sp³-hybridized carbons (Fsp3) is 0.263. The minimum Gasteiger partial charge on any atom is -0.452 e. The van der Waals surface area contributed by atoms with E-state index in [1.54, 1.807) is 24.3 Å². The molecule has 2 aromatic heterocycles. The summed E-state index contributed by atoms with van der Waals surface area (Å²) in [6.45, 7) is 1.24. The number of para-hydroxylation sites is 2. The molecule has 8 nitrogen and oxygen atoms in total. The normalized spacial score (nSPS) is 12.5. The summed E-state index contributed by atoms with van der Waals surface area (Å²) in [6.07, 6.45) is -5.62. The molecule has 1 atom stereocenters. The Labute approximate surface area is 177 Å². The number of aromatic nitrogens is 2. The van der Waals surface area contributed by atoms with Crippen LogP contribution in [0.25, 0.3) is 11.1 Å². The first kappa shape index (κ1) is 22.3. The van der Waals surface area contributed by atoms with Crippen LogP contribution in [0, 0.1) is 0 Å². The van der Waals surface area contributed by atoms with Crippen molar-refractivity contribution < 1.29 is 31.9 Å². The number of rotatable bonds is 6. The number of carbonyl (C=O) groups excluding carboxylic acids is 2. The molecule has 0 saturated heterocycles. The van der Waals surface area contributed by atoms with E-state index in [0.29, 0.717) is 23.4 Å². The zero-order valence-electron chi connectivity index (χ0n) is 15.9. The maximum absolute atomic E-state index is 12.6. The Morgan fingerprint density at radius 3 is 2.71 bits per heavy atom. The third-order valence-corrected chi connectivity index (χ3v) is 4.49. The number of anilines is 1. The molecule has 0 aliphatic carbocycles. The Bertz CT molecular complexity index is 1190. The van der Waals surface area contributed by atoms with E-state index in [0.717, 1.165) is 0 Å². The molecule has 1 N–H and O–H groups in total. The average molecular weight is 458 g/mol. The lowest BCUT2D eigenvalue weighted by molar-refractivity contribution is -0.153. The van der Waals surface area contributed by atoms with Gasteiger partial charge < -0.3 is 14.5 Å². The highest BCUT2D eigenvalue weighted by Crippen LogP contribution is 2.32. The van der Waals surface area contributed by atoms with Crippen LogP contribution < -0.4 is 11.1 Å². The molecule has 1 aromatic carbocycles. The highest BCUT2D eigenvalue weighted by Gasteiger charge is 2.32. The van der Waals surface area contributed by atoms with Crippen LogP contribution in [-0.2, 0) is 27.0 Å². The molecule has 0 aliphatic rings. The fourth-order valence-electron chi connectivity index (χ4n) is 2.64. The summed E-state index contributed by atoms with van der Waals surface area (Å²) < 4.78 is 49.3. The minimum atomic E-state index is -4.63. The largest absolute Gasteiger partial charge is 0.452 e. The molecule has 0 aliphatic heterocycles. The van der Waals surface area contributed by atoms with Gasteiger partial charge in [0, 0.05) is 12.7 Å². The van der Waals surface area contributed by atoms with Crippen LogP contribution in [0.4, 0.5) is 19.0 Å². The molecule has 0 spiro atoms. The number of benzene rings is 1. The number of carbonyl (C=O) groups is 2. The number of pyridine rings is 1. The molecule has 3 rings (SSSR count). The molecule has 0 radical (unpaired) electrons. The number of fused-ring (bicyclic) bond motifs is 1. The number of hydrogen-bond donors (Lipinski definition) is 1. The van der Waals surface area contributed by atoms with Crippen molar-refractivity contribution in [2.75, 3.05) is 5.32 Å². The van der Waals surface area contributed by atoms with E-state index in [-0.39, 0.29) is 18.8 Å². The van der Waals surface area contributed by atoms with Crippen molar-refractivity contribution in [1.82, 2.24) is 9.55 Å². The lowest BCUT2D eigenvalue weighted by Crippen LogP contribution is -2.31. The van der Waals surface area contributed by atoms with Crippen LogP contribution in [0.1, 0.15) is 18.9 Å². The van der Waals surface area contributed by atoms with Crippen LogP contribution >= 0.6 is 11.6 Å². The molecular formula is C19H15ClF3N3O5. The van der Waals surface area contributed by atoms with Crippen LogP contribution in [0.3, 0.4) is 0 Å². The smallest absolute Gasteiger partial charge is 0.419 e. The number of aryl methyl sites for hydroxylation is 1. The molecule has 2 heterocycles. The van der Waals surface area contributed by atoms with Crippen LogP contribution in [0.5, 0.6) is 0 Å². The number of esters is 1. The monoisotopic (exact) mass is 457 g/mol. The van der Waals surface area contributed by atoms with E-state index in [1.165, 1.54) is 11.5 Å². The van der Waals surface area contributed by atoms with Gasteiger partial charge in [-0.15, -0.1) is 0 Å². The van der Waals surface area contributed by atoms with Crippen molar-refractivity contribution in [3.05, 3.63) is 57.7 Å². The van der Waals surface area contributed by atoms with Gasteiger partial charge in [-0.3, -0.25) is 14.2 Å². The van der Waals surface area contributed by atoms with E-state index in [2.05, 4.69) is 10.3 Å².